The van der Waals surface area contributed by atoms with Gasteiger partial charge >= 0.3 is 0 Å². The van der Waals surface area contributed by atoms with Crippen LogP contribution < -0.4 is 10.1 Å². The molecule has 1 aromatic carbocycles. The molecule has 1 aromatic heterocycles. The van der Waals surface area contributed by atoms with E-state index in [1.54, 1.807) is 6.20 Å². The highest BCUT2D eigenvalue weighted by Crippen LogP contribution is 2.22. The van der Waals surface area contributed by atoms with Gasteiger partial charge in [-0.25, -0.2) is 0 Å². The number of halogens is 1. The van der Waals surface area contributed by atoms with E-state index in [0.29, 0.717) is 0 Å². The highest BCUT2D eigenvalue weighted by Gasteiger charge is 2.12. The fraction of sp³-hybridized carbons (Fsp3) is 0.353. The van der Waals surface area contributed by atoms with Crippen molar-refractivity contribution in [1.29, 1.82) is 0 Å². The van der Waals surface area contributed by atoms with E-state index in [2.05, 4.69) is 22.4 Å². The molecule has 3 nitrogen and oxygen atoms in total. The van der Waals surface area contributed by atoms with Gasteiger partial charge in [0.2, 0.25) is 0 Å². The van der Waals surface area contributed by atoms with Gasteiger partial charge in [-0.05, 0) is 56.6 Å². The zero-order valence-corrected chi connectivity index (χ0v) is 13.4. The lowest BCUT2D eigenvalue weighted by molar-refractivity contribution is 0.241. The smallest absolute Gasteiger partial charge is 0.138 e. The molecule has 0 aliphatic heterocycles. The molecule has 0 bridgehead atoms. The van der Waals surface area contributed by atoms with Crippen molar-refractivity contribution in [2.24, 2.45) is 0 Å². The lowest BCUT2D eigenvalue weighted by Crippen LogP contribution is -2.19. The number of likely N-dealkylation sites (N-methyl/N-ethyl adjacent to an activating group) is 1. The van der Waals surface area contributed by atoms with Crippen LogP contribution in [0.5, 0.6) is 5.75 Å². The highest BCUT2D eigenvalue weighted by atomic mass is 35.5. The molecule has 1 unspecified atom stereocenters. The molecule has 0 fully saturated rings. The van der Waals surface area contributed by atoms with Gasteiger partial charge in [0.05, 0.1) is 12.3 Å². The third kappa shape index (κ3) is 4.73. The molecular weight excluding hydrogens is 284 g/mol. The van der Waals surface area contributed by atoms with Gasteiger partial charge in [0.15, 0.2) is 0 Å². The Hall–Kier alpha value is -1.58. The summed E-state index contributed by atoms with van der Waals surface area (Å²) in [6.07, 6.45) is 4.65. The van der Waals surface area contributed by atoms with Crippen molar-refractivity contribution in [3.05, 3.63) is 58.9 Å². The number of ether oxygens (including phenoxy) is 1. The van der Waals surface area contributed by atoms with Crippen LogP contribution in [0.1, 0.15) is 31.0 Å². The summed E-state index contributed by atoms with van der Waals surface area (Å²) in [5.41, 5.74) is 2.35. The average Bonchev–Trinajstić information content (AvgIpc) is 2.46. The van der Waals surface area contributed by atoms with Gasteiger partial charge in [-0.15, -0.1) is 0 Å². The molecule has 0 spiro atoms. The first-order valence-electron chi connectivity index (χ1n) is 7.12. The van der Waals surface area contributed by atoms with Gasteiger partial charge in [-0.3, -0.25) is 4.98 Å². The fourth-order valence-electron chi connectivity index (χ4n) is 2.21. The zero-order chi connectivity index (χ0) is 15.2. The molecule has 2 aromatic rings. The minimum atomic E-state index is 0.145. The number of aromatic nitrogens is 1. The van der Waals surface area contributed by atoms with E-state index in [-0.39, 0.29) is 12.1 Å². The molecule has 1 atom stereocenters. The number of nitrogens with zero attached hydrogens (tertiary/aromatic N) is 1. The first kappa shape index (κ1) is 15.8. The van der Waals surface area contributed by atoms with Crippen LogP contribution in [-0.2, 0) is 6.42 Å². The van der Waals surface area contributed by atoms with Crippen molar-refractivity contribution in [1.82, 2.24) is 10.3 Å². The maximum absolute atomic E-state index is 5.93. The van der Waals surface area contributed by atoms with Gasteiger partial charge in [0, 0.05) is 17.3 Å². The molecule has 21 heavy (non-hydrogen) atoms. The fourth-order valence-corrected chi connectivity index (χ4v) is 2.33. The van der Waals surface area contributed by atoms with E-state index >= 15 is 0 Å². The average molecular weight is 305 g/mol. The molecule has 0 saturated heterocycles. The molecule has 0 amide bonds. The van der Waals surface area contributed by atoms with Crippen molar-refractivity contribution in [3.63, 3.8) is 0 Å². The summed E-state index contributed by atoms with van der Waals surface area (Å²) in [5, 5.41) is 4.09. The summed E-state index contributed by atoms with van der Waals surface area (Å²) in [6, 6.07) is 10.2. The second kappa shape index (κ2) is 7.43. The van der Waals surface area contributed by atoms with Crippen LogP contribution in [0.15, 0.2) is 42.7 Å². The first-order chi connectivity index (χ1) is 10.1. The second-order valence-electron chi connectivity index (χ2n) is 5.29. The van der Waals surface area contributed by atoms with E-state index in [9.17, 15) is 0 Å². The monoisotopic (exact) mass is 304 g/mol. The summed E-state index contributed by atoms with van der Waals surface area (Å²) in [4.78, 5) is 4.28. The number of hydrogen-bond acceptors (Lipinski definition) is 3. The van der Waals surface area contributed by atoms with E-state index in [1.165, 1.54) is 5.56 Å². The number of benzene rings is 1. The number of pyridine rings is 1. The van der Waals surface area contributed by atoms with Crippen LogP contribution in [0, 0.1) is 0 Å². The molecule has 1 heterocycles. The minimum absolute atomic E-state index is 0.145. The maximum Gasteiger partial charge on any atom is 0.138 e. The van der Waals surface area contributed by atoms with Gasteiger partial charge in [-0.1, -0.05) is 23.7 Å². The standard InChI is InChI=1S/C17H21ClN2O/c1-12(2)21-16-9-14(10-20-11-16)17(19-3)8-13-4-6-15(18)7-5-13/h4-7,9-12,17,19H,8H2,1-3H3. The summed E-state index contributed by atoms with van der Waals surface area (Å²) in [6.45, 7) is 4.02. The van der Waals surface area contributed by atoms with E-state index in [0.717, 1.165) is 22.8 Å². The van der Waals surface area contributed by atoms with Gasteiger partial charge in [0.1, 0.15) is 5.75 Å². The van der Waals surface area contributed by atoms with Crippen LogP contribution in [-0.4, -0.2) is 18.1 Å². The molecule has 0 aliphatic carbocycles. The Morgan fingerprint density at radius 1 is 1.19 bits per heavy atom. The van der Waals surface area contributed by atoms with Crippen molar-refractivity contribution >= 4 is 11.6 Å². The first-order valence-corrected chi connectivity index (χ1v) is 7.49. The molecule has 2 rings (SSSR count). The van der Waals surface area contributed by atoms with Gasteiger partial charge < -0.3 is 10.1 Å². The molecule has 0 aliphatic rings. The predicted molar refractivity (Wildman–Crippen MR) is 87.0 cm³/mol. The minimum Gasteiger partial charge on any atom is -0.489 e. The Bertz CT molecular complexity index is 569. The molecule has 112 valence electrons. The third-order valence-corrected chi connectivity index (χ3v) is 3.46. The topological polar surface area (TPSA) is 34.2 Å². The quantitative estimate of drug-likeness (QED) is 0.875. The largest absolute Gasteiger partial charge is 0.489 e. The molecule has 0 saturated carbocycles. The Morgan fingerprint density at radius 2 is 1.90 bits per heavy atom. The Balaban J connectivity index is 2.15. The van der Waals surface area contributed by atoms with Crippen molar-refractivity contribution in [2.45, 2.75) is 32.4 Å². The highest BCUT2D eigenvalue weighted by molar-refractivity contribution is 6.30. The van der Waals surface area contributed by atoms with Crippen LogP contribution in [0.4, 0.5) is 0 Å². The second-order valence-corrected chi connectivity index (χ2v) is 5.73. The van der Waals surface area contributed by atoms with E-state index in [4.69, 9.17) is 16.3 Å². The molecule has 0 radical (unpaired) electrons. The summed E-state index contributed by atoms with van der Waals surface area (Å²) in [7, 11) is 1.95. The van der Waals surface area contributed by atoms with Crippen molar-refractivity contribution < 1.29 is 4.74 Å². The van der Waals surface area contributed by atoms with E-state index < -0.39 is 0 Å². The molecule has 1 N–H and O–H groups in total. The summed E-state index contributed by atoms with van der Waals surface area (Å²) >= 11 is 5.93. The SMILES string of the molecule is CNC(Cc1ccc(Cl)cc1)c1cncc(OC(C)C)c1. The Kier molecular flexibility index (Phi) is 5.59. The van der Waals surface area contributed by atoms with Crippen LogP contribution in [0.25, 0.3) is 0 Å². The Morgan fingerprint density at radius 3 is 2.52 bits per heavy atom. The van der Waals surface area contributed by atoms with Crippen molar-refractivity contribution in [3.8, 4) is 5.75 Å². The summed E-state index contributed by atoms with van der Waals surface area (Å²) in [5.74, 6) is 0.804. The summed E-state index contributed by atoms with van der Waals surface area (Å²) < 4.78 is 5.71. The van der Waals surface area contributed by atoms with Crippen LogP contribution in [0.3, 0.4) is 0 Å². The van der Waals surface area contributed by atoms with Crippen LogP contribution in [0.2, 0.25) is 5.02 Å². The molecule has 4 heteroatoms. The predicted octanol–water partition coefficient (Wildman–Crippen LogP) is 4.03. The van der Waals surface area contributed by atoms with Gasteiger partial charge in [0.25, 0.3) is 0 Å². The number of hydrogen-bond donors (Lipinski definition) is 1. The van der Waals surface area contributed by atoms with Gasteiger partial charge in [-0.2, -0.15) is 0 Å². The number of rotatable bonds is 6. The Labute approximate surface area is 131 Å². The van der Waals surface area contributed by atoms with E-state index in [1.807, 2.05) is 45.3 Å². The molecular formula is C17H21ClN2O. The zero-order valence-electron chi connectivity index (χ0n) is 12.6. The lowest BCUT2D eigenvalue weighted by atomic mass is 10.0. The normalized spacial score (nSPS) is 12.4. The third-order valence-electron chi connectivity index (χ3n) is 3.21. The van der Waals surface area contributed by atoms with Crippen LogP contribution >= 0.6 is 11.6 Å². The van der Waals surface area contributed by atoms with Crippen molar-refractivity contribution in [2.75, 3.05) is 7.05 Å². The number of nitrogens with one attached hydrogen (secondary N) is 1. The lowest BCUT2D eigenvalue weighted by Gasteiger charge is -2.18. The maximum atomic E-state index is 5.93.